The Hall–Kier alpha value is -4.36. The molecule has 5 rings (SSSR count). The summed E-state index contributed by atoms with van der Waals surface area (Å²) >= 11 is 0. The average molecular weight is 481 g/mol. The zero-order chi connectivity index (χ0) is 24.9. The third-order valence-electron chi connectivity index (χ3n) is 6.55. The number of benzene rings is 3. The van der Waals surface area contributed by atoms with Gasteiger partial charge in [0, 0.05) is 55.0 Å². The van der Waals surface area contributed by atoms with Crippen molar-refractivity contribution in [3.63, 3.8) is 0 Å². The summed E-state index contributed by atoms with van der Waals surface area (Å²) in [6.07, 6.45) is 5.86. The van der Waals surface area contributed by atoms with Crippen LogP contribution in [0.25, 0.3) is 17.0 Å². The minimum Gasteiger partial charge on any atom is -0.343 e. The summed E-state index contributed by atoms with van der Waals surface area (Å²) in [7, 11) is 0. The molecule has 1 fully saturated rings. The molecule has 2 N–H and O–H groups in total. The summed E-state index contributed by atoms with van der Waals surface area (Å²) in [5.41, 5.74) is 6.90. The van der Waals surface area contributed by atoms with Crippen molar-refractivity contribution in [1.29, 1.82) is 0 Å². The van der Waals surface area contributed by atoms with E-state index in [9.17, 15) is 9.59 Å². The van der Waals surface area contributed by atoms with Crippen LogP contribution in [0.15, 0.2) is 91.1 Å². The minimum atomic E-state index is -0.590. The largest absolute Gasteiger partial charge is 0.343 e. The first-order valence-electron chi connectivity index (χ1n) is 12.0. The molecule has 1 saturated heterocycles. The van der Waals surface area contributed by atoms with E-state index in [-0.39, 0.29) is 6.03 Å². The molecule has 1 aromatic heterocycles. The Morgan fingerprint density at radius 3 is 2.47 bits per heavy atom. The lowest BCUT2D eigenvalue weighted by atomic mass is 10.1. The van der Waals surface area contributed by atoms with Gasteiger partial charge in [0.05, 0.1) is 0 Å². The summed E-state index contributed by atoms with van der Waals surface area (Å²) in [6, 6.07) is 26.3. The van der Waals surface area contributed by atoms with Crippen molar-refractivity contribution in [2.45, 2.75) is 13.0 Å². The van der Waals surface area contributed by atoms with Crippen molar-refractivity contribution in [2.24, 2.45) is 0 Å². The van der Waals surface area contributed by atoms with Gasteiger partial charge in [-0.15, -0.1) is 0 Å². The number of amides is 3. The molecule has 3 aromatic carbocycles. The Bertz CT molecular complexity index is 1390. The highest BCUT2D eigenvalue weighted by Gasteiger charge is 2.29. The number of anilines is 1. The summed E-state index contributed by atoms with van der Waals surface area (Å²) in [5, 5.41) is 9.82. The fraction of sp³-hybridized carbons (Fsp3) is 0.172. The molecule has 0 radical (unpaired) electrons. The zero-order valence-corrected chi connectivity index (χ0v) is 19.9. The van der Waals surface area contributed by atoms with Crippen LogP contribution in [-0.4, -0.2) is 46.2 Å². The first-order valence-corrected chi connectivity index (χ1v) is 12.0. The van der Waals surface area contributed by atoms with E-state index in [1.165, 1.54) is 28.1 Å². The highest BCUT2D eigenvalue weighted by atomic mass is 16.5. The average Bonchev–Trinajstić information content (AvgIpc) is 3.46. The highest BCUT2D eigenvalue weighted by Crippen LogP contribution is 2.25. The number of carbonyl (C=O) groups excluding carboxylic acids is 2. The maximum Gasteiger partial charge on any atom is 0.324 e. The lowest BCUT2D eigenvalue weighted by Gasteiger charge is -2.19. The van der Waals surface area contributed by atoms with E-state index in [1.54, 1.807) is 16.5 Å². The van der Waals surface area contributed by atoms with Crippen molar-refractivity contribution in [3.8, 4) is 0 Å². The lowest BCUT2D eigenvalue weighted by molar-refractivity contribution is -0.124. The molecule has 0 unspecified atom stereocenters. The van der Waals surface area contributed by atoms with E-state index in [4.69, 9.17) is 5.21 Å². The van der Waals surface area contributed by atoms with Gasteiger partial charge in [0.1, 0.15) is 0 Å². The van der Waals surface area contributed by atoms with Crippen molar-refractivity contribution in [1.82, 2.24) is 14.9 Å². The molecular formula is C29H28N4O3. The van der Waals surface area contributed by atoms with Crippen molar-refractivity contribution in [2.75, 3.05) is 24.5 Å². The highest BCUT2D eigenvalue weighted by molar-refractivity contribution is 5.94. The number of hydroxylamine groups is 1. The summed E-state index contributed by atoms with van der Waals surface area (Å²) in [4.78, 5) is 28.0. The van der Waals surface area contributed by atoms with Crippen LogP contribution in [0, 0.1) is 0 Å². The smallest absolute Gasteiger partial charge is 0.324 e. The monoisotopic (exact) mass is 480 g/mol. The number of urea groups is 1. The molecule has 0 bridgehead atoms. The Labute approximate surface area is 209 Å². The molecule has 1 aliphatic heterocycles. The number of fused-ring (bicyclic) bond motifs is 1. The Morgan fingerprint density at radius 1 is 0.944 bits per heavy atom. The number of nitrogens with one attached hydrogen (secondary N) is 1. The Kier molecular flexibility index (Phi) is 6.82. The lowest BCUT2D eigenvalue weighted by Crippen LogP contribution is -2.33. The minimum absolute atomic E-state index is 0.00553. The molecule has 0 aliphatic carbocycles. The molecule has 0 saturated carbocycles. The van der Waals surface area contributed by atoms with Gasteiger partial charge in [-0.1, -0.05) is 60.7 Å². The molecule has 1 aliphatic rings. The second kappa shape index (κ2) is 10.5. The molecule has 7 heteroatoms. The van der Waals surface area contributed by atoms with Gasteiger partial charge in [0.2, 0.25) is 0 Å². The van der Waals surface area contributed by atoms with Gasteiger partial charge >= 0.3 is 6.03 Å². The molecule has 3 amide bonds. The van der Waals surface area contributed by atoms with Crippen LogP contribution >= 0.6 is 0 Å². The van der Waals surface area contributed by atoms with Crippen molar-refractivity contribution in [3.05, 3.63) is 108 Å². The van der Waals surface area contributed by atoms with E-state index in [0.717, 1.165) is 24.2 Å². The number of nitrogens with zero attached hydrogens (tertiary/aromatic N) is 3. The number of para-hydroxylation sites is 1. The zero-order valence-electron chi connectivity index (χ0n) is 19.9. The van der Waals surface area contributed by atoms with Gasteiger partial charge in [0.15, 0.2) is 0 Å². The first-order chi connectivity index (χ1) is 17.6. The topological polar surface area (TPSA) is 77.8 Å². The molecule has 2 heterocycles. The molecule has 182 valence electrons. The standard InChI is InChI=1S/C29H28N4O3/c34-28(30-36)15-12-22-10-13-25(14-11-22)33-19-18-31(29(33)35)17-16-24-21-32(20-23-6-2-1-3-7-23)27-9-5-4-8-26(24)27/h1-15,21,36H,16-20H2,(H,30,34)/b15-12+. The third kappa shape index (κ3) is 5.01. The summed E-state index contributed by atoms with van der Waals surface area (Å²) < 4.78 is 2.29. The first kappa shape index (κ1) is 23.4. The fourth-order valence-electron chi connectivity index (χ4n) is 4.69. The molecular weight excluding hydrogens is 452 g/mol. The van der Waals surface area contributed by atoms with Gasteiger partial charge in [-0.25, -0.2) is 10.3 Å². The summed E-state index contributed by atoms with van der Waals surface area (Å²) in [6.45, 7) is 2.79. The number of rotatable bonds is 8. The van der Waals surface area contributed by atoms with E-state index >= 15 is 0 Å². The SMILES string of the molecule is O=C(/C=C/c1ccc(N2CCN(CCc3cn(Cc4ccccc4)c4ccccc34)C2=O)cc1)NO. The van der Waals surface area contributed by atoms with Crippen LogP contribution in [0.1, 0.15) is 16.7 Å². The van der Waals surface area contributed by atoms with Gasteiger partial charge in [0.25, 0.3) is 5.91 Å². The van der Waals surface area contributed by atoms with Crippen LogP contribution in [0.4, 0.5) is 10.5 Å². The molecule has 0 spiro atoms. The normalized spacial score (nSPS) is 13.8. The van der Waals surface area contributed by atoms with Gasteiger partial charge in [-0.3, -0.25) is 14.9 Å². The third-order valence-corrected chi connectivity index (χ3v) is 6.55. The fourth-order valence-corrected chi connectivity index (χ4v) is 4.69. The van der Waals surface area contributed by atoms with Crippen LogP contribution in [0.3, 0.4) is 0 Å². The number of aromatic nitrogens is 1. The number of hydrogen-bond acceptors (Lipinski definition) is 3. The molecule has 7 nitrogen and oxygen atoms in total. The van der Waals surface area contributed by atoms with Gasteiger partial charge < -0.3 is 9.47 Å². The van der Waals surface area contributed by atoms with Crippen LogP contribution in [0.5, 0.6) is 0 Å². The van der Waals surface area contributed by atoms with Crippen molar-refractivity contribution >= 4 is 34.6 Å². The maximum absolute atomic E-state index is 13.1. The summed E-state index contributed by atoms with van der Waals surface area (Å²) in [5.74, 6) is -0.590. The Morgan fingerprint density at radius 2 is 1.69 bits per heavy atom. The second-order valence-electron chi connectivity index (χ2n) is 8.86. The van der Waals surface area contributed by atoms with Gasteiger partial charge in [-0.2, -0.15) is 0 Å². The molecule has 0 atom stereocenters. The Balaban J connectivity index is 1.25. The van der Waals surface area contributed by atoms with E-state index in [2.05, 4.69) is 59.3 Å². The predicted molar refractivity (Wildman–Crippen MR) is 141 cm³/mol. The molecule has 36 heavy (non-hydrogen) atoms. The number of carbonyl (C=O) groups is 2. The molecule has 4 aromatic rings. The van der Waals surface area contributed by atoms with E-state index in [1.807, 2.05) is 35.2 Å². The van der Waals surface area contributed by atoms with Gasteiger partial charge in [-0.05, 0) is 47.4 Å². The van der Waals surface area contributed by atoms with Crippen LogP contribution < -0.4 is 10.4 Å². The maximum atomic E-state index is 13.1. The number of hydrogen-bond donors (Lipinski definition) is 2. The van der Waals surface area contributed by atoms with Crippen LogP contribution in [0.2, 0.25) is 0 Å². The van der Waals surface area contributed by atoms with Crippen molar-refractivity contribution < 1.29 is 14.8 Å². The second-order valence-corrected chi connectivity index (χ2v) is 8.86. The van der Waals surface area contributed by atoms with Crippen LogP contribution in [-0.2, 0) is 17.8 Å². The van der Waals surface area contributed by atoms with E-state index in [0.29, 0.717) is 19.6 Å². The predicted octanol–water partition coefficient (Wildman–Crippen LogP) is 4.69. The quantitative estimate of drug-likeness (QED) is 0.218. The van der Waals surface area contributed by atoms with E-state index < -0.39 is 5.91 Å².